The molecule has 256 valence electrons. The molecule has 0 bridgehead atoms. The van der Waals surface area contributed by atoms with Crippen molar-refractivity contribution in [3.63, 3.8) is 0 Å². The first kappa shape index (κ1) is 35.1. The molecule has 0 aromatic heterocycles. The molecule has 2 aliphatic heterocycles. The van der Waals surface area contributed by atoms with Crippen LogP contribution in [0.2, 0.25) is 5.02 Å². The Morgan fingerprint density at radius 2 is 1.67 bits per heavy atom. The lowest BCUT2D eigenvalue weighted by atomic mass is 9.72. The molecule has 0 aliphatic carbocycles. The molecule has 6 amide bonds. The van der Waals surface area contributed by atoms with Gasteiger partial charge in [-0.3, -0.25) is 19.1 Å². The van der Waals surface area contributed by atoms with E-state index in [1.54, 1.807) is 0 Å². The number of nitrogens with zero attached hydrogens (tertiary/aromatic N) is 2. The Morgan fingerprint density at radius 1 is 1.02 bits per heavy atom. The van der Waals surface area contributed by atoms with Crippen molar-refractivity contribution in [3.05, 3.63) is 81.6 Å². The molecule has 1 fully saturated rings. The van der Waals surface area contributed by atoms with E-state index in [9.17, 15) is 63.1 Å². The highest BCUT2D eigenvalue weighted by Gasteiger charge is 2.42. The summed E-state index contributed by atoms with van der Waals surface area (Å²) in [4.78, 5) is 84.8. The van der Waals surface area contributed by atoms with E-state index in [2.05, 4.69) is 10.6 Å². The van der Waals surface area contributed by atoms with Crippen LogP contribution in [0.4, 0.5) is 14.0 Å². The number of amides is 6. The molecule has 8 N–H and O–H groups in total. The SMILES string of the molecule is O=C(O)c1cccc2c1OB(O)C(NC(=O)[C@H](NC(=O)N1CCN(C(=O)c3cc(F)c(O)c(O)c3Cl)C1=O)c1ccc(P(=O)(O)O)cc1)C2. The standard InChI is InChI=1S/C28H24BClFN4O13P/c30-19-16(11-17(31)21(36)22(19)37)25(39)34-8-9-35(28(34)43)27(42)33-20(12-4-6-14(7-5-12)49(45,46)47)24(38)32-18-10-13-2-1-3-15(26(40)41)23(13)48-29(18)44/h1-7,11,18,20,36-37,44H,8-10H2,(H,32,38)(H,33,42)(H,40,41)(H2,45,46,47)/t18?,20-/m1/s1. The number of imide groups is 2. The van der Waals surface area contributed by atoms with E-state index < -0.39 is 103 Å². The van der Waals surface area contributed by atoms with E-state index >= 15 is 0 Å². The van der Waals surface area contributed by atoms with Crippen LogP contribution in [0.5, 0.6) is 17.2 Å². The predicted octanol–water partition coefficient (Wildman–Crippen LogP) is 0.860. The molecular formula is C28H24BClFN4O13P. The molecule has 1 unspecified atom stereocenters. The van der Waals surface area contributed by atoms with Crippen molar-refractivity contribution in [2.75, 3.05) is 13.1 Å². The topological polar surface area (TPSA) is 264 Å². The molecular weight excluding hydrogens is 697 g/mol. The molecule has 0 radical (unpaired) electrons. The van der Waals surface area contributed by atoms with Crippen LogP contribution in [0.25, 0.3) is 0 Å². The summed E-state index contributed by atoms with van der Waals surface area (Å²) in [6.45, 7) is -0.855. The van der Waals surface area contributed by atoms with Gasteiger partial charge in [0.05, 0.1) is 33.9 Å². The van der Waals surface area contributed by atoms with Crippen LogP contribution in [0.15, 0.2) is 48.5 Å². The molecule has 21 heteroatoms. The van der Waals surface area contributed by atoms with Crippen LogP contribution in [0, 0.1) is 5.82 Å². The largest absolute Gasteiger partial charge is 0.547 e. The Balaban J connectivity index is 1.38. The first-order chi connectivity index (χ1) is 23.0. The lowest BCUT2D eigenvalue weighted by molar-refractivity contribution is -0.123. The van der Waals surface area contributed by atoms with Gasteiger partial charge in [0.25, 0.3) is 5.91 Å². The van der Waals surface area contributed by atoms with E-state index in [1.807, 2.05) is 0 Å². The number of aromatic carboxylic acids is 1. The zero-order valence-corrected chi connectivity index (χ0v) is 26.3. The second-order valence-corrected chi connectivity index (χ2v) is 12.7. The summed E-state index contributed by atoms with van der Waals surface area (Å²) in [5.41, 5.74) is -0.632. The minimum atomic E-state index is -4.71. The monoisotopic (exact) mass is 720 g/mol. The van der Waals surface area contributed by atoms with E-state index in [4.69, 9.17) is 16.3 Å². The maximum Gasteiger partial charge on any atom is 0.547 e. The number of nitrogens with one attached hydrogen (secondary N) is 2. The first-order valence-electron chi connectivity index (χ1n) is 14.0. The molecule has 0 spiro atoms. The minimum Gasteiger partial charge on any atom is -0.534 e. The van der Waals surface area contributed by atoms with Crippen molar-refractivity contribution in [2.24, 2.45) is 0 Å². The molecule has 5 rings (SSSR count). The number of halogens is 2. The zero-order chi connectivity index (χ0) is 35.9. The first-order valence-corrected chi connectivity index (χ1v) is 16.0. The number of carboxylic acids is 1. The zero-order valence-electron chi connectivity index (χ0n) is 24.6. The van der Waals surface area contributed by atoms with Gasteiger partial charge >= 0.3 is 32.7 Å². The Bertz CT molecular complexity index is 1950. The molecule has 2 heterocycles. The smallest absolute Gasteiger partial charge is 0.534 e. The maximum absolute atomic E-state index is 14.0. The number of carbonyl (C=O) groups is 5. The van der Waals surface area contributed by atoms with Crippen LogP contribution in [0.1, 0.15) is 37.9 Å². The molecule has 49 heavy (non-hydrogen) atoms. The lowest BCUT2D eigenvalue weighted by Crippen LogP contribution is -2.56. The van der Waals surface area contributed by atoms with Gasteiger partial charge in [0, 0.05) is 6.54 Å². The molecule has 2 atom stereocenters. The van der Waals surface area contributed by atoms with Gasteiger partial charge in [0.15, 0.2) is 17.3 Å². The molecule has 2 aliphatic rings. The molecule has 17 nitrogen and oxygen atoms in total. The van der Waals surface area contributed by atoms with E-state index in [0.717, 1.165) is 24.3 Å². The normalized spacial score (nSPS) is 16.5. The lowest BCUT2D eigenvalue weighted by Gasteiger charge is -2.30. The summed E-state index contributed by atoms with van der Waals surface area (Å²) in [6, 6.07) is 4.80. The molecule has 3 aromatic carbocycles. The van der Waals surface area contributed by atoms with Crippen molar-refractivity contribution in [3.8, 4) is 17.2 Å². The molecule has 3 aromatic rings. The highest BCUT2D eigenvalue weighted by molar-refractivity contribution is 7.60. The van der Waals surface area contributed by atoms with Gasteiger partial charge in [0.2, 0.25) is 5.91 Å². The number of rotatable bonds is 7. The summed E-state index contributed by atoms with van der Waals surface area (Å²) >= 11 is 5.87. The molecule has 0 saturated carbocycles. The fourth-order valence-corrected chi connectivity index (χ4v) is 5.93. The fraction of sp³-hybridized carbons (Fsp3) is 0.179. The van der Waals surface area contributed by atoms with Crippen LogP contribution >= 0.6 is 19.2 Å². The van der Waals surface area contributed by atoms with Crippen LogP contribution in [-0.2, 0) is 15.8 Å². The Hall–Kier alpha value is -5.20. The number of hydrogen-bond acceptors (Lipinski definition) is 10. The van der Waals surface area contributed by atoms with Gasteiger partial charge in [-0.1, -0.05) is 35.9 Å². The highest BCUT2D eigenvalue weighted by Crippen LogP contribution is 2.39. The number of fused-ring (bicyclic) bond motifs is 1. The van der Waals surface area contributed by atoms with Crippen molar-refractivity contribution < 1.29 is 67.7 Å². The third-order valence-corrected chi connectivity index (χ3v) is 9.02. The number of hydrogen-bond donors (Lipinski definition) is 8. The van der Waals surface area contributed by atoms with Crippen molar-refractivity contribution in [1.29, 1.82) is 0 Å². The molecule has 1 saturated heterocycles. The van der Waals surface area contributed by atoms with Crippen molar-refractivity contribution in [2.45, 2.75) is 18.4 Å². The summed E-state index contributed by atoms with van der Waals surface area (Å²) in [7, 11) is -6.46. The summed E-state index contributed by atoms with van der Waals surface area (Å²) < 4.78 is 31.1. The maximum atomic E-state index is 14.0. The summed E-state index contributed by atoms with van der Waals surface area (Å²) in [6.07, 6.45) is -0.112. The third-order valence-electron chi connectivity index (χ3n) is 7.67. The predicted molar refractivity (Wildman–Crippen MR) is 165 cm³/mol. The second-order valence-electron chi connectivity index (χ2n) is 10.8. The van der Waals surface area contributed by atoms with Gasteiger partial charge in [0.1, 0.15) is 11.8 Å². The Labute approximate surface area is 279 Å². The van der Waals surface area contributed by atoms with E-state index in [-0.39, 0.29) is 23.3 Å². The van der Waals surface area contributed by atoms with Crippen LogP contribution < -0.4 is 20.6 Å². The van der Waals surface area contributed by atoms with Gasteiger partial charge in [-0.25, -0.2) is 23.7 Å². The number of aromatic hydroxyl groups is 2. The quantitative estimate of drug-likeness (QED) is 0.0958. The summed E-state index contributed by atoms with van der Waals surface area (Å²) in [5, 5.41) is 43.0. The second kappa shape index (κ2) is 13.4. The summed E-state index contributed by atoms with van der Waals surface area (Å²) in [5.74, 6) is -8.62. The Morgan fingerprint density at radius 3 is 2.31 bits per heavy atom. The van der Waals surface area contributed by atoms with Gasteiger partial charge in [-0.2, -0.15) is 0 Å². The number of carbonyl (C=O) groups excluding carboxylic acids is 4. The number of phenols is 2. The van der Waals surface area contributed by atoms with Gasteiger partial charge in [-0.15, -0.1) is 0 Å². The number of urea groups is 2. The fourth-order valence-electron chi connectivity index (χ4n) is 5.16. The average molecular weight is 721 g/mol. The number of benzene rings is 3. The third kappa shape index (κ3) is 6.88. The number of phenolic OH excluding ortho intramolecular Hbond substituents is 2. The number of para-hydroxylation sites is 1. The average Bonchev–Trinajstić information content (AvgIpc) is 3.44. The minimum absolute atomic E-state index is 0.0377. The van der Waals surface area contributed by atoms with Gasteiger partial charge in [-0.05, 0) is 41.8 Å². The van der Waals surface area contributed by atoms with E-state index in [0.29, 0.717) is 21.4 Å². The highest BCUT2D eigenvalue weighted by atomic mass is 35.5. The van der Waals surface area contributed by atoms with Crippen LogP contribution in [0.3, 0.4) is 0 Å². The Kier molecular flexibility index (Phi) is 9.58. The van der Waals surface area contributed by atoms with Gasteiger partial charge < -0.3 is 45.4 Å². The number of carboxylic acid groups (broad SMARTS) is 1. The van der Waals surface area contributed by atoms with Crippen molar-refractivity contribution >= 4 is 61.5 Å². The van der Waals surface area contributed by atoms with E-state index in [1.165, 1.54) is 18.2 Å². The van der Waals surface area contributed by atoms with Crippen molar-refractivity contribution in [1.82, 2.24) is 20.4 Å². The van der Waals surface area contributed by atoms with Crippen LogP contribution in [-0.4, -0.2) is 95.9 Å².